The summed E-state index contributed by atoms with van der Waals surface area (Å²) in [5.74, 6) is 2.41. The summed E-state index contributed by atoms with van der Waals surface area (Å²) in [7, 11) is 0. The van der Waals surface area contributed by atoms with Gasteiger partial charge in [0.2, 0.25) is 0 Å². The van der Waals surface area contributed by atoms with E-state index in [9.17, 15) is 0 Å². The van der Waals surface area contributed by atoms with Gasteiger partial charge >= 0.3 is 0 Å². The van der Waals surface area contributed by atoms with E-state index >= 15 is 0 Å². The summed E-state index contributed by atoms with van der Waals surface area (Å²) < 4.78 is 2.14. The highest BCUT2D eigenvalue weighted by Crippen LogP contribution is 2.21. The number of pyridine rings is 1. The molecule has 0 amide bonds. The van der Waals surface area contributed by atoms with Gasteiger partial charge in [0.05, 0.1) is 0 Å². The van der Waals surface area contributed by atoms with Crippen molar-refractivity contribution in [1.29, 1.82) is 0 Å². The standard InChI is InChI=1S/C11H13N5/c12-9-5-3-4-8(13-9)11-15-14-10-6-1-2-7-16(10)11/h3-5H,1-2,6-7H2,(H2,12,13). The Morgan fingerprint density at radius 2 is 2.12 bits per heavy atom. The van der Waals surface area contributed by atoms with Crippen LogP contribution in [-0.4, -0.2) is 19.7 Å². The van der Waals surface area contributed by atoms with Crippen molar-refractivity contribution in [1.82, 2.24) is 19.7 Å². The monoisotopic (exact) mass is 215 g/mol. The number of hydrogen-bond donors (Lipinski definition) is 1. The molecule has 0 bridgehead atoms. The number of rotatable bonds is 1. The van der Waals surface area contributed by atoms with E-state index in [1.54, 1.807) is 6.07 Å². The second kappa shape index (κ2) is 3.59. The van der Waals surface area contributed by atoms with Gasteiger partial charge in [0.15, 0.2) is 5.82 Å². The van der Waals surface area contributed by atoms with Crippen LogP contribution in [0.1, 0.15) is 18.7 Å². The Hall–Kier alpha value is -1.91. The Morgan fingerprint density at radius 3 is 3.00 bits per heavy atom. The van der Waals surface area contributed by atoms with Gasteiger partial charge in [0.25, 0.3) is 0 Å². The molecule has 0 fully saturated rings. The maximum Gasteiger partial charge on any atom is 0.182 e. The largest absolute Gasteiger partial charge is 0.384 e. The highest BCUT2D eigenvalue weighted by Gasteiger charge is 2.17. The summed E-state index contributed by atoms with van der Waals surface area (Å²) in [5.41, 5.74) is 6.48. The van der Waals surface area contributed by atoms with Gasteiger partial charge in [-0.3, -0.25) is 0 Å². The quantitative estimate of drug-likeness (QED) is 0.777. The van der Waals surface area contributed by atoms with Crippen LogP contribution in [0.15, 0.2) is 18.2 Å². The van der Waals surface area contributed by atoms with Crippen LogP contribution in [0, 0.1) is 0 Å². The van der Waals surface area contributed by atoms with E-state index in [2.05, 4.69) is 19.7 Å². The average molecular weight is 215 g/mol. The molecule has 82 valence electrons. The lowest BCUT2D eigenvalue weighted by atomic mass is 10.1. The first kappa shape index (κ1) is 9.33. The Bertz CT molecular complexity index is 517. The van der Waals surface area contributed by atoms with Gasteiger partial charge in [-0.2, -0.15) is 0 Å². The van der Waals surface area contributed by atoms with Crippen LogP contribution >= 0.6 is 0 Å². The first-order valence-electron chi connectivity index (χ1n) is 5.49. The van der Waals surface area contributed by atoms with Crippen LogP contribution in [0.5, 0.6) is 0 Å². The molecular formula is C11H13N5. The zero-order valence-electron chi connectivity index (χ0n) is 8.93. The topological polar surface area (TPSA) is 69.6 Å². The van der Waals surface area contributed by atoms with Gasteiger partial charge in [-0.1, -0.05) is 6.07 Å². The number of nitrogen functional groups attached to an aromatic ring is 1. The minimum absolute atomic E-state index is 0.519. The maximum absolute atomic E-state index is 5.67. The number of anilines is 1. The molecule has 0 atom stereocenters. The van der Waals surface area contributed by atoms with E-state index < -0.39 is 0 Å². The predicted octanol–water partition coefficient (Wildman–Crippen LogP) is 1.26. The summed E-state index contributed by atoms with van der Waals surface area (Å²) in [6.07, 6.45) is 3.39. The molecule has 16 heavy (non-hydrogen) atoms. The zero-order valence-corrected chi connectivity index (χ0v) is 8.93. The lowest BCUT2D eigenvalue weighted by Gasteiger charge is -2.14. The summed E-state index contributed by atoms with van der Waals surface area (Å²) in [4.78, 5) is 4.28. The second-order valence-electron chi connectivity index (χ2n) is 4.00. The molecule has 0 saturated carbocycles. The SMILES string of the molecule is Nc1cccc(-c2nnc3n2CCCC3)n1. The molecule has 2 aromatic heterocycles. The lowest BCUT2D eigenvalue weighted by molar-refractivity contribution is 0.525. The Balaban J connectivity index is 2.09. The third-order valence-electron chi connectivity index (χ3n) is 2.86. The third-order valence-corrected chi connectivity index (χ3v) is 2.86. The molecule has 5 nitrogen and oxygen atoms in total. The minimum Gasteiger partial charge on any atom is -0.384 e. The van der Waals surface area contributed by atoms with E-state index in [4.69, 9.17) is 5.73 Å². The van der Waals surface area contributed by atoms with Gasteiger partial charge < -0.3 is 10.3 Å². The molecule has 0 unspecified atom stereocenters. The lowest BCUT2D eigenvalue weighted by Crippen LogP contribution is -2.11. The number of nitrogens with zero attached hydrogens (tertiary/aromatic N) is 4. The predicted molar refractivity (Wildman–Crippen MR) is 60.6 cm³/mol. The average Bonchev–Trinajstić information content (AvgIpc) is 2.72. The van der Waals surface area contributed by atoms with Crippen molar-refractivity contribution in [3.05, 3.63) is 24.0 Å². The van der Waals surface area contributed by atoms with Crippen LogP contribution in [0.25, 0.3) is 11.5 Å². The molecule has 3 heterocycles. The van der Waals surface area contributed by atoms with E-state index in [0.29, 0.717) is 5.82 Å². The first-order valence-corrected chi connectivity index (χ1v) is 5.49. The highest BCUT2D eigenvalue weighted by atomic mass is 15.3. The van der Waals surface area contributed by atoms with Crippen LogP contribution in [-0.2, 0) is 13.0 Å². The summed E-state index contributed by atoms with van der Waals surface area (Å²) in [6.45, 7) is 0.980. The fourth-order valence-corrected chi connectivity index (χ4v) is 2.07. The number of aryl methyl sites for hydroxylation is 1. The molecule has 2 aromatic rings. The van der Waals surface area contributed by atoms with E-state index in [1.807, 2.05) is 12.1 Å². The van der Waals surface area contributed by atoms with Gasteiger partial charge in [-0.05, 0) is 25.0 Å². The van der Waals surface area contributed by atoms with Crippen molar-refractivity contribution in [2.24, 2.45) is 0 Å². The van der Waals surface area contributed by atoms with Crippen LogP contribution < -0.4 is 5.73 Å². The number of fused-ring (bicyclic) bond motifs is 1. The molecule has 0 saturated heterocycles. The molecule has 3 rings (SSSR count). The smallest absolute Gasteiger partial charge is 0.182 e. The molecular weight excluding hydrogens is 202 g/mol. The molecule has 0 spiro atoms. The van der Waals surface area contributed by atoms with Crippen molar-refractivity contribution in [3.63, 3.8) is 0 Å². The molecule has 0 aliphatic carbocycles. The third kappa shape index (κ3) is 1.44. The van der Waals surface area contributed by atoms with E-state index in [0.717, 1.165) is 30.3 Å². The van der Waals surface area contributed by atoms with Gasteiger partial charge in [0.1, 0.15) is 17.3 Å². The molecule has 1 aliphatic heterocycles. The van der Waals surface area contributed by atoms with Crippen molar-refractivity contribution < 1.29 is 0 Å². The van der Waals surface area contributed by atoms with E-state index in [1.165, 1.54) is 12.8 Å². The normalized spacial score (nSPS) is 14.8. The second-order valence-corrected chi connectivity index (χ2v) is 4.00. The molecule has 0 aromatic carbocycles. The highest BCUT2D eigenvalue weighted by molar-refractivity contribution is 5.52. The summed E-state index contributed by atoms with van der Waals surface area (Å²) in [5, 5.41) is 8.40. The van der Waals surface area contributed by atoms with E-state index in [-0.39, 0.29) is 0 Å². The summed E-state index contributed by atoms with van der Waals surface area (Å²) >= 11 is 0. The molecule has 1 aliphatic rings. The zero-order chi connectivity index (χ0) is 11.0. The van der Waals surface area contributed by atoms with Crippen LogP contribution in [0.2, 0.25) is 0 Å². The number of aromatic nitrogens is 4. The Morgan fingerprint density at radius 1 is 1.19 bits per heavy atom. The van der Waals surface area contributed by atoms with Crippen molar-refractivity contribution in [2.45, 2.75) is 25.8 Å². The van der Waals surface area contributed by atoms with Gasteiger partial charge in [-0.25, -0.2) is 4.98 Å². The molecule has 5 heteroatoms. The molecule has 2 N–H and O–H groups in total. The van der Waals surface area contributed by atoms with Crippen molar-refractivity contribution >= 4 is 5.82 Å². The van der Waals surface area contributed by atoms with Gasteiger partial charge in [-0.15, -0.1) is 10.2 Å². The minimum atomic E-state index is 0.519. The summed E-state index contributed by atoms with van der Waals surface area (Å²) in [6, 6.07) is 5.58. The fourth-order valence-electron chi connectivity index (χ4n) is 2.07. The Kier molecular flexibility index (Phi) is 2.09. The number of hydrogen-bond acceptors (Lipinski definition) is 4. The fraction of sp³-hybridized carbons (Fsp3) is 0.364. The first-order chi connectivity index (χ1) is 7.84. The van der Waals surface area contributed by atoms with Crippen molar-refractivity contribution in [3.8, 4) is 11.5 Å². The molecule has 0 radical (unpaired) electrons. The number of nitrogens with two attached hydrogens (primary N) is 1. The van der Waals surface area contributed by atoms with Crippen molar-refractivity contribution in [2.75, 3.05) is 5.73 Å². The van der Waals surface area contributed by atoms with Crippen LogP contribution in [0.4, 0.5) is 5.82 Å². The Labute approximate surface area is 93.3 Å². The van der Waals surface area contributed by atoms with Crippen LogP contribution in [0.3, 0.4) is 0 Å². The van der Waals surface area contributed by atoms with Gasteiger partial charge in [0, 0.05) is 13.0 Å². The maximum atomic E-state index is 5.67.